The van der Waals surface area contributed by atoms with Crippen LogP contribution in [0.1, 0.15) is 26.3 Å². The third-order valence-corrected chi connectivity index (χ3v) is 3.79. The van der Waals surface area contributed by atoms with Crippen LogP contribution in [0.15, 0.2) is 23.4 Å². The Bertz CT molecular complexity index is 641. The van der Waals surface area contributed by atoms with Gasteiger partial charge in [-0.1, -0.05) is 38.6 Å². The highest BCUT2D eigenvalue weighted by molar-refractivity contribution is 7.99. The third kappa shape index (κ3) is 3.54. The second-order valence-electron chi connectivity index (χ2n) is 6.22. The van der Waals surface area contributed by atoms with Crippen molar-refractivity contribution in [2.45, 2.75) is 39.4 Å². The molecule has 0 unspecified atom stereocenters. The molecule has 1 N–H and O–H groups in total. The van der Waals surface area contributed by atoms with E-state index in [1.807, 2.05) is 13.0 Å². The lowest BCUT2D eigenvalue weighted by molar-refractivity contribution is -0.133. The summed E-state index contributed by atoms with van der Waals surface area (Å²) in [6.07, 6.45) is 0. The van der Waals surface area contributed by atoms with Crippen LogP contribution in [0.2, 0.25) is 0 Å². The molecule has 0 saturated heterocycles. The Labute approximate surface area is 123 Å². The maximum atomic E-state index is 10.8. The van der Waals surface area contributed by atoms with Gasteiger partial charge in [0.15, 0.2) is 5.16 Å². The maximum Gasteiger partial charge on any atom is 0.313 e. The molecule has 4 nitrogen and oxygen atoms in total. The van der Waals surface area contributed by atoms with Crippen LogP contribution >= 0.6 is 11.8 Å². The molecular formula is C15H20N2O2S. The fourth-order valence-electron chi connectivity index (χ4n) is 2.08. The highest BCUT2D eigenvalue weighted by Crippen LogP contribution is 2.28. The van der Waals surface area contributed by atoms with Crippen LogP contribution in [0.25, 0.3) is 11.0 Å². The van der Waals surface area contributed by atoms with E-state index in [0.717, 1.165) is 28.3 Å². The summed E-state index contributed by atoms with van der Waals surface area (Å²) < 4.78 is 2.13. The van der Waals surface area contributed by atoms with E-state index in [9.17, 15) is 4.79 Å². The van der Waals surface area contributed by atoms with Gasteiger partial charge >= 0.3 is 5.97 Å². The summed E-state index contributed by atoms with van der Waals surface area (Å²) in [4.78, 5) is 15.4. The van der Waals surface area contributed by atoms with Crippen LogP contribution in [0, 0.1) is 12.3 Å². The van der Waals surface area contributed by atoms with E-state index in [1.165, 1.54) is 11.8 Å². The minimum atomic E-state index is -0.819. The number of carboxylic acid groups (broad SMARTS) is 1. The first-order chi connectivity index (χ1) is 9.26. The van der Waals surface area contributed by atoms with Gasteiger partial charge in [-0.2, -0.15) is 0 Å². The fourth-order valence-corrected chi connectivity index (χ4v) is 2.82. The monoisotopic (exact) mass is 292 g/mol. The molecule has 0 saturated carbocycles. The molecule has 20 heavy (non-hydrogen) atoms. The van der Waals surface area contributed by atoms with Crippen LogP contribution in [0.3, 0.4) is 0 Å². The summed E-state index contributed by atoms with van der Waals surface area (Å²) in [5.41, 5.74) is 3.27. The molecule has 1 aromatic heterocycles. The highest BCUT2D eigenvalue weighted by Gasteiger charge is 2.18. The van der Waals surface area contributed by atoms with Gasteiger partial charge in [0.05, 0.1) is 16.8 Å². The fraction of sp³-hybridized carbons (Fsp3) is 0.467. The molecule has 0 aliphatic carbocycles. The quantitative estimate of drug-likeness (QED) is 0.875. The molecule has 0 aliphatic rings. The van der Waals surface area contributed by atoms with Gasteiger partial charge < -0.3 is 9.67 Å². The van der Waals surface area contributed by atoms with E-state index in [1.54, 1.807) is 0 Å². The van der Waals surface area contributed by atoms with Gasteiger partial charge in [0, 0.05) is 6.54 Å². The van der Waals surface area contributed by atoms with Gasteiger partial charge in [0.25, 0.3) is 0 Å². The van der Waals surface area contributed by atoms with Crippen molar-refractivity contribution in [1.29, 1.82) is 0 Å². The Morgan fingerprint density at radius 3 is 2.70 bits per heavy atom. The summed E-state index contributed by atoms with van der Waals surface area (Å²) in [6.45, 7) is 9.34. The first-order valence-corrected chi connectivity index (χ1v) is 7.56. The molecule has 2 aromatic rings. The molecule has 0 aliphatic heterocycles. The van der Waals surface area contributed by atoms with Gasteiger partial charge in [0.1, 0.15) is 0 Å². The van der Waals surface area contributed by atoms with Crippen LogP contribution < -0.4 is 0 Å². The average molecular weight is 292 g/mol. The number of nitrogens with zero attached hydrogens (tertiary/aromatic N) is 2. The number of aromatic nitrogens is 2. The van der Waals surface area contributed by atoms with Crippen LogP contribution in [-0.4, -0.2) is 26.4 Å². The zero-order valence-electron chi connectivity index (χ0n) is 12.3. The molecule has 108 valence electrons. The number of hydrogen-bond acceptors (Lipinski definition) is 3. The Kier molecular flexibility index (Phi) is 4.09. The molecule has 0 spiro atoms. The number of fused-ring (bicyclic) bond motifs is 1. The van der Waals surface area contributed by atoms with Crippen molar-refractivity contribution in [3.8, 4) is 0 Å². The molecule has 2 rings (SSSR count). The van der Waals surface area contributed by atoms with Crippen molar-refractivity contribution in [3.05, 3.63) is 23.8 Å². The van der Waals surface area contributed by atoms with E-state index >= 15 is 0 Å². The lowest BCUT2D eigenvalue weighted by atomic mass is 9.97. The van der Waals surface area contributed by atoms with Crippen molar-refractivity contribution in [2.24, 2.45) is 5.41 Å². The molecule has 0 amide bonds. The Morgan fingerprint density at radius 1 is 1.40 bits per heavy atom. The first-order valence-electron chi connectivity index (χ1n) is 6.58. The largest absolute Gasteiger partial charge is 0.481 e. The lowest BCUT2D eigenvalue weighted by Gasteiger charge is -2.20. The summed E-state index contributed by atoms with van der Waals surface area (Å²) in [5.74, 6) is -0.785. The lowest BCUT2D eigenvalue weighted by Crippen LogP contribution is -2.16. The minimum absolute atomic E-state index is 0.0342. The Morgan fingerprint density at radius 2 is 2.10 bits per heavy atom. The number of rotatable bonds is 4. The zero-order valence-corrected chi connectivity index (χ0v) is 13.1. The second-order valence-corrected chi connectivity index (χ2v) is 7.16. The number of carboxylic acids is 1. The molecular weight excluding hydrogens is 272 g/mol. The number of benzene rings is 1. The Hall–Kier alpha value is -1.49. The zero-order chi connectivity index (χ0) is 14.9. The summed E-state index contributed by atoms with van der Waals surface area (Å²) in [5, 5.41) is 9.64. The number of aliphatic carboxylic acids is 1. The number of hydrogen-bond donors (Lipinski definition) is 1. The molecule has 0 atom stereocenters. The van der Waals surface area contributed by atoms with Gasteiger partial charge in [-0.05, 0) is 30.0 Å². The molecule has 1 heterocycles. The van der Waals surface area contributed by atoms with Crippen LogP contribution in [0.4, 0.5) is 0 Å². The first kappa shape index (κ1) is 14.9. The van der Waals surface area contributed by atoms with Crippen LogP contribution in [-0.2, 0) is 11.3 Å². The van der Waals surface area contributed by atoms with Crippen molar-refractivity contribution >= 4 is 28.8 Å². The molecule has 1 aromatic carbocycles. The van der Waals surface area contributed by atoms with Gasteiger partial charge in [0.2, 0.25) is 0 Å². The van der Waals surface area contributed by atoms with E-state index in [0.29, 0.717) is 0 Å². The van der Waals surface area contributed by atoms with Crippen molar-refractivity contribution in [3.63, 3.8) is 0 Å². The standard InChI is InChI=1S/C15H20N2O2S/c1-10-5-6-12-11(7-10)16-14(20-8-13(18)19)17(12)9-15(2,3)4/h5-7H,8-9H2,1-4H3,(H,18,19). The normalized spacial score (nSPS) is 12.0. The van der Waals surface area contributed by atoms with E-state index in [-0.39, 0.29) is 11.2 Å². The molecule has 0 fully saturated rings. The van der Waals surface area contributed by atoms with Gasteiger partial charge in [-0.15, -0.1) is 0 Å². The smallest absolute Gasteiger partial charge is 0.313 e. The number of aryl methyl sites for hydroxylation is 1. The molecule has 0 radical (unpaired) electrons. The maximum absolute atomic E-state index is 10.8. The summed E-state index contributed by atoms with van der Waals surface area (Å²) in [6, 6.07) is 6.17. The topological polar surface area (TPSA) is 55.1 Å². The number of imidazole rings is 1. The van der Waals surface area contributed by atoms with Crippen molar-refractivity contribution < 1.29 is 9.90 Å². The van der Waals surface area contributed by atoms with Gasteiger partial charge in [-0.25, -0.2) is 4.98 Å². The molecule has 5 heteroatoms. The number of carbonyl (C=O) groups is 1. The van der Waals surface area contributed by atoms with Crippen LogP contribution in [0.5, 0.6) is 0 Å². The SMILES string of the molecule is Cc1ccc2c(c1)nc(SCC(=O)O)n2CC(C)(C)C. The van der Waals surface area contributed by atoms with E-state index < -0.39 is 5.97 Å². The molecule has 0 bridgehead atoms. The van der Waals surface area contributed by atoms with Crippen molar-refractivity contribution in [1.82, 2.24) is 9.55 Å². The van der Waals surface area contributed by atoms with Gasteiger partial charge in [-0.3, -0.25) is 4.79 Å². The highest BCUT2D eigenvalue weighted by atomic mass is 32.2. The van der Waals surface area contributed by atoms with Crippen molar-refractivity contribution in [2.75, 3.05) is 5.75 Å². The number of thioether (sulfide) groups is 1. The predicted octanol–water partition coefficient (Wildman–Crippen LogP) is 3.57. The van der Waals surface area contributed by atoms with E-state index in [4.69, 9.17) is 5.11 Å². The summed E-state index contributed by atoms with van der Waals surface area (Å²) >= 11 is 1.28. The average Bonchev–Trinajstić information content (AvgIpc) is 2.62. The predicted molar refractivity (Wildman–Crippen MR) is 82.3 cm³/mol. The Balaban J connectivity index is 2.47. The minimum Gasteiger partial charge on any atom is -0.481 e. The summed E-state index contributed by atoms with van der Waals surface area (Å²) in [7, 11) is 0. The van der Waals surface area contributed by atoms with E-state index in [2.05, 4.69) is 42.5 Å². The second kappa shape index (κ2) is 5.48. The third-order valence-electron chi connectivity index (χ3n) is 2.83.